The van der Waals surface area contributed by atoms with Gasteiger partial charge < -0.3 is 20.6 Å². The molecule has 2 bridgehead atoms. The number of hydrogen-bond donors (Lipinski definition) is 4. The molecule has 2 fully saturated rings. The Hall–Kier alpha value is -2.18. The average molecular weight is 562 g/mol. The Morgan fingerprint density at radius 1 is 1.11 bits per heavy atom. The van der Waals surface area contributed by atoms with Crippen LogP contribution in [0.25, 0.3) is 0 Å². The molecule has 0 heterocycles. The quantitative estimate of drug-likeness (QED) is 0.397. The van der Waals surface area contributed by atoms with Crippen LogP contribution in [0.1, 0.15) is 49.9 Å². The van der Waals surface area contributed by atoms with Crippen LogP contribution in [0.2, 0.25) is 5.02 Å². The van der Waals surface area contributed by atoms with Crippen molar-refractivity contribution in [2.24, 2.45) is 11.8 Å². The highest BCUT2D eigenvalue weighted by atomic mass is 35.5. The van der Waals surface area contributed by atoms with Crippen LogP contribution in [-0.2, 0) is 9.84 Å². The fourth-order valence-electron chi connectivity index (χ4n) is 5.68. The van der Waals surface area contributed by atoms with E-state index in [1.54, 1.807) is 0 Å². The van der Waals surface area contributed by atoms with E-state index in [2.05, 4.69) is 5.32 Å². The summed E-state index contributed by atoms with van der Waals surface area (Å²) in [6.07, 6.45) is -0.493. The van der Waals surface area contributed by atoms with Crippen molar-refractivity contribution in [2.75, 3.05) is 5.32 Å². The van der Waals surface area contributed by atoms with E-state index < -0.39 is 67.6 Å². The van der Waals surface area contributed by atoms with E-state index in [0.29, 0.717) is 25.0 Å². The second-order valence-corrected chi connectivity index (χ2v) is 13.0. The number of anilines is 1. The fraction of sp³-hybridized carbons (Fsp3) is 0.480. The number of amides is 1. The monoisotopic (exact) mass is 561 g/mol. The molecule has 2 unspecified atom stereocenters. The van der Waals surface area contributed by atoms with Gasteiger partial charge in [-0.2, -0.15) is 0 Å². The Kier molecular flexibility index (Phi) is 7.17. The second kappa shape index (κ2) is 9.53. The molecule has 37 heavy (non-hydrogen) atoms. The summed E-state index contributed by atoms with van der Waals surface area (Å²) in [6.45, 7) is 2.76. The number of benzene rings is 2. The highest BCUT2D eigenvalue weighted by Crippen LogP contribution is 2.54. The van der Waals surface area contributed by atoms with E-state index in [1.807, 2.05) is 0 Å². The maximum absolute atomic E-state index is 13.6. The van der Waals surface area contributed by atoms with Gasteiger partial charge in [-0.3, -0.25) is 4.79 Å². The van der Waals surface area contributed by atoms with Gasteiger partial charge in [0.1, 0.15) is 6.10 Å². The average Bonchev–Trinajstić information content (AvgIpc) is 2.97. The topological polar surface area (TPSA) is 124 Å². The molecule has 1 amide bonds. The third-order valence-corrected chi connectivity index (χ3v) is 10.2. The second-order valence-electron chi connectivity index (χ2n) is 10.4. The van der Waals surface area contributed by atoms with Crippen LogP contribution in [0, 0.1) is 29.3 Å². The number of carbonyl (C=O) groups excluding carboxylic acids is 1. The van der Waals surface area contributed by atoms with Gasteiger partial charge in [0.05, 0.1) is 26.4 Å². The van der Waals surface area contributed by atoms with Crippen LogP contribution < -0.4 is 5.32 Å². The highest BCUT2D eigenvalue weighted by Gasteiger charge is 2.61. The van der Waals surface area contributed by atoms with Crippen LogP contribution in [0.5, 0.6) is 0 Å². The molecule has 2 saturated carbocycles. The van der Waals surface area contributed by atoms with Crippen molar-refractivity contribution < 1.29 is 41.7 Å². The lowest BCUT2D eigenvalue weighted by Crippen LogP contribution is -2.62. The molecule has 12 heteroatoms. The molecule has 0 saturated heterocycles. The zero-order chi connectivity index (χ0) is 27.5. The number of nitrogens with one attached hydrogen (secondary N) is 1. The third-order valence-electron chi connectivity index (χ3n) is 7.55. The molecular formula is C25H27ClF3NO6S. The molecule has 4 rings (SSSR count). The Morgan fingerprint density at radius 2 is 1.65 bits per heavy atom. The summed E-state index contributed by atoms with van der Waals surface area (Å²) in [5.41, 5.74) is -3.77. The third kappa shape index (κ3) is 4.87. The Balaban J connectivity index is 1.60. The molecule has 0 aromatic heterocycles. The molecule has 7 nitrogen and oxygen atoms in total. The maximum atomic E-state index is 13.6. The fourth-order valence-corrected chi connectivity index (χ4v) is 8.08. The Labute approximate surface area is 217 Å². The minimum atomic E-state index is -4.11. The molecule has 2 aromatic rings. The minimum Gasteiger partial charge on any atom is -0.388 e. The molecule has 0 radical (unpaired) electrons. The normalized spacial score (nSPS) is 26.7. The van der Waals surface area contributed by atoms with E-state index in [1.165, 1.54) is 26.0 Å². The van der Waals surface area contributed by atoms with Gasteiger partial charge in [0, 0.05) is 23.4 Å². The number of sulfone groups is 1. The SMILES string of the molecule is CC(C)(O)C(O)[C@]1(O)C2CC[C@H]1C[C@H](S(=O)(=O)c1cc(C(=O)Nc3cc(F)c(F)c(F)c3)ccc1Cl)C2. The lowest BCUT2D eigenvalue weighted by Gasteiger charge is -2.48. The van der Waals surface area contributed by atoms with Gasteiger partial charge in [-0.05, 0) is 69.6 Å². The molecule has 4 N–H and O–H groups in total. The number of hydrogen-bond acceptors (Lipinski definition) is 6. The van der Waals surface area contributed by atoms with Gasteiger partial charge in [-0.15, -0.1) is 0 Å². The summed E-state index contributed by atoms with van der Waals surface area (Å²) in [4.78, 5) is 12.4. The van der Waals surface area contributed by atoms with Gasteiger partial charge in [0.2, 0.25) is 0 Å². The molecule has 2 aromatic carbocycles. The molecular weight excluding hydrogens is 535 g/mol. The molecule has 2 aliphatic rings. The maximum Gasteiger partial charge on any atom is 0.255 e. The van der Waals surface area contributed by atoms with Crippen molar-refractivity contribution >= 4 is 33.0 Å². The summed E-state index contributed by atoms with van der Waals surface area (Å²) in [7, 11) is -4.11. The molecule has 202 valence electrons. The van der Waals surface area contributed by atoms with Crippen molar-refractivity contribution in [1.29, 1.82) is 0 Å². The van der Waals surface area contributed by atoms with Gasteiger partial charge in [0.15, 0.2) is 27.3 Å². The van der Waals surface area contributed by atoms with Gasteiger partial charge in [-0.1, -0.05) is 11.6 Å². The summed E-state index contributed by atoms with van der Waals surface area (Å²) in [5, 5.41) is 33.4. The van der Waals surface area contributed by atoms with Crippen molar-refractivity contribution in [3.8, 4) is 0 Å². The van der Waals surface area contributed by atoms with Crippen LogP contribution in [0.4, 0.5) is 18.9 Å². The lowest BCUT2D eigenvalue weighted by atomic mass is 9.68. The van der Waals surface area contributed by atoms with E-state index in [9.17, 15) is 41.7 Å². The molecule has 5 atom stereocenters. The summed E-state index contributed by atoms with van der Waals surface area (Å²) < 4.78 is 67.4. The lowest BCUT2D eigenvalue weighted by molar-refractivity contribution is -0.200. The van der Waals surface area contributed by atoms with Gasteiger partial charge in [-0.25, -0.2) is 21.6 Å². The van der Waals surface area contributed by atoms with Crippen LogP contribution >= 0.6 is 11.6 Å². The highest BCUT2D eigenvalue weighted by molar-refractivity contribution is 7.92. The van der Waals surface area contributed by atoms with Crippen molar-refractivity contribution in [3.05, 3.63) is 58.4 Å². The Bertz CT molecular complexity index is 1310. The summed E-state index contributed by atoms with van der Waals surface area (Å²) >= 11 is 6.20. The van der Waals surface area contributed by atoms with Crippen LogP contribution in [-0.4, -0.2) is 52.2 Å². The number of aliphatic hydroxyl groups excluding tert-OH is 1. The first-order chi connectivity index (χ1) is 17.1. The van der Waals surface area contributed by atoms with Crippen molar-refractivity contribution in [2.45, 2.75) is 67.0 Å². The first-order valence-corrected chi connectivity index (χ1v) is 13.6. The predicted molar refractivity (Wildman–Crippen MR) is 129 cm³/mol. The first-order valence-electron chi connectivity index (χ1n) is 11.7. The van der Waals surface area contributed by atoms with E-state index >= 15 is 0 Å². The smallest absolute Gasteiger partial charge is 0.255 e. The largest absolute Gasteiger partial charge is 0.388 e. The van der Waals surface area contributed by atoms with Crippen molar-refractivity contribution in [3.63, 3.8) is 0 Å². The number of halogens is 4. The first kappa shape index (κ1) is 27.8. The minimum absolute atomic E-state index is 0.0172. The summed E-state index contributed by atoms with van der Waals surface area (Å²) in [5.74, 6) is -6.76. The van der Waals surface area contributed by atoms with Crippen LogP contribution in [0.3, 0.4) is 0 Å². The van der Waals surface area contributed by atoms with Crippen LogP contribution in [0.15, 0.2) is 35.2 Å². The Morgan fingerprint density at radius 3 is 2.16 bits per heavy atom. The zero-order valence-electron chi connectivity index (χ0n) is 20.0. The number of aliphatic hydroxyl groups is 3. The molecule has 0 aliphatic heterocycles. The standard InChI is InChI=1S/C25H27ClF3NO6S/c1-24(2,33)23(32)25(34)13-4-5-14(25)9-16(8-13)37(35,36)20-7-12(3-6-17(20)26)22(31)30-15-10-18(27)21(29)19(28)11-15/h3,6-7,10-11,13-14,16,23,32-34H,4-5,8-9H2,1-2H3,(H,30,31)/t13-,14?,16-,23?,25+/m0/s1. The van der Waals surface area contributed by atoms with Crippen molar-refractivity contribution in [1.82, 2.24) is 0 Å². The van der Waals surface area contributed by atoms with Gasteiger partial charge >= 0.3 is 0 Å². The van der Waals surface area contributed by atoms with Gasteiger partial charge in [0.25, 0.3) is 5.91 Å². The van der Waals surface area contributed by atoms with E-state index in [4.69, 9.17) is 11.6 Å². The number of carbonyl (C=O) groups is 1. The molecule has 2 aliphatic carbocycles. The molecule has 0 spiro atoms. The zero-order valence-corrected chi connectivity index (χ0v) is 21.6. The van der Waals surface area contributed by atoms with E-state index in [-0.39, 0.29) is 34.0 Å². The summed E-state index contributed by atoms with van der Waals surface area (Å²) in [6, 6.07) is 4.67. The van der Waals surface area contributed by atoms with E-state index in [0.717, 1.165) is 6.07 Å². The predicted octanol–water partition coefficient (Wildman–Crippen LogP) is 3.83. The number of fused-ring (bicyclic) bond motifs is 2. The number of rotatable bonds is 6.